The smallest absolute Gasteiger partial charge is 0.159 e. The molecule has 1 aliphatic rings. The van der Waals surface area contributed by atoms with Crippen molar-refractivity contribution < 1.29 is 13.9 Å². The van der Waals surface area contributed by atoms with E-state index < -0.39 is 11.6 Å². The van der Waals surface area contributed by atoms with E-state index in [-0.39, 0.29) is 12.0 Å². The highest BCUT2D eigenvalue weighted by molar-refractivity contribution is 5.42. The Morgan fingerprint density at radius 1 is 1.05 bits per heavy atom. The first-order valence-electron chi connectivity index (χ1n) is 6.67. The summed E-state index contributed by atoms with van der Waals surface area (Å²) in [6.07, 6.45) is 4.50. The summed E-state index contributed by atoms with van der Waals surface area (Å²) in [5, 5.41) is 9.20. The lowest BCUT2D eigenvalue weighted by Gasteiger charge is -2.43. The highest BCUT2D eigenvalue weighted by Crippen LogP contribution is 2.49. The molecule has 1 heterocycles. The van der Waals surface area contributed by atoms with E-state index in [1.807, 2.05) is 12.1 Å². The lowest BCUT2D eigenvalue weighted by molar-refractivity contribution is 0.273. The van der Waals surface area contributed by atoms with Crippen molar-refractivity contribution in [3.8, 4) is 0 Å². The molecule has 1 aliphatic carbocycles. The molecule has 0 atom stereocenters. The third-order valence-corrected chi connectivity index (χ3v) is 4.21. The molecule has 104 valence electrons. The van der Waals surface area contributed by atoms with Crippen molar-refractivity contribution in [1.82, 2.24) is 4.98 Å². The predicted octanol–water partition coefficient (Wildman–Crippen LogP) is 3.32. The molecule has 20 heavy (non-hydrogen) atoms. The Morgan fingerprint density at radius 3 is 2.40 bits per heavy atom. The molecule has 0 saturated heterocycles. The molecule has 1 aromatic heterocycles. The van der Waals surface area contributed by atoms with Crippen LogP contribution in [0.25, 0.3) is 0 Å². The van der Waals surface area contributed by atoms with Gasteiger partial charge in [0.2, 0.25) is 0 Å². The van der Waals surface area contributed by atoms with Crippen molar-refractivity contribution in [2.24, 2.45) is 0 Å². The van der Waals surface area contributed by atoms with Crippen LogP contribution in [0.3, 0.4) is 0 Å². The van der Waals surface area contributed by atoms with Gasteiger partial charge < -0.3 is 5.11 Å². The molecule has 1 aromatic carbocycles. The van der Waals surface area contributed by atoms with Gasteiger partial charge in [0.05, 0.1) is 12.3 Å². The molecule has 2 aromatic rings. The van der Waals surface area contributed by atoms with E-state index in [9.17, 15) is 13.9 Å². The van der Waals surface area contributed by atoms with Crippen LogP contribution in [-0.2, 0) is 12.0 Å². The highest BCUT2D eigenvalue weighted by Gasteiger charge is 2.40. The number of nitrogens with zero attached hydrogens (tertiary/aromatic N) is 1. The van der Waals surface area contributed by atoms with Crippen molar-refractivity contribution in [3.05, 3.63) is 65.0 Å². The number of hydrogen-bond donors (Lipinski definition) is 1. The Bertz CT molecular complexity index is 638. The fourth-order valence-corrected chi connectivity index (χ4v) is 2.93. The normalized spacial score (nSPS) is 16.8. The minimum atomic E-state index is -0.825. The van der Waals surface area contributed by atoms with Crippen LogP contribution in [0.2, 0.25) is 0 Å². The summed E-state index contributed by atoms with van der Waals surface area (Å²) >= 11 is 0. The molecule has 1 N–H and O–H groups in total. The third-order valence-electron chi connectivity index (χ3n) is 4.21. The maximum absolute atomic E-state index is 13.5. The van der Waals surface area contributed by atoms with Crippen LogP contribution in [0.1, 0.15) is 36.1 Å². The van der Waals surface area contributed by atoms with Crippen LogP contribution in [-0.4, -0.2) is 10.1 Å². The van der Waals surface area contributed by atoms with Gasteiger partial charge in [0.1, 0.15) is 0 Å². The first-order chi connectivity index (χ1) is 9.65. The van der Waals surface area contributed by atoms with Crippen molar-refractivity contribution >= 4 is 0 Å². The number of aromatic nitrogens is 1. The second kappa shape index (κ2) is 4.94. The van der Waals surface area contributed by atoms with E-state index in [0.29, 0.717) is 5.69 Å². The largest absolute Gasteiger partial charge is 0.390 e. The summed E-state index contributed by atoms with van der Waals surface area (Å²) in [7, 11) is 0. The van der Waals surface area contributed by atoms with Crippen molar-refractivity contribution in [2.45, 2.75) is 31.3 Å². The lowest BCUT2D eigenvalue weighted by Crippen LogP contribution is -2.35. The molecule has 0 spiro atoms. The number of aliphatic hydroxyl groups is 1. The van der Waals surface area contributed by atoms with E-state index in [2.05, 4.69) is 4.98 Å². The number of halogens is 2. The molecule has 0 radical (unpaired) electrons. The third kappa shape index (κ3) is 2.00. The lowest BCUT2D eigenvalue weighted by atomic mass is 9.60. The van der Waals surface area contributed by atoms with E-state index >= 15 is 0 Å². The first kappa shape index (κ1) is 13.2. The van der Waals surface area contributed by atoms with Crippen molar-refractivity contribution in [1.29, 1.82) is 0 Å². The fourth-order valence-electron chi connectivity index (χ4n) is 2.93. The summed E-state index contributed by atoms with van der Waals surface area (Å²) in [5.74, 6) is -1.64. The number of hydrogen-bond acceptors (Lipinski definition) is 2. The van der Waals surface area contributed by atoms with Crippen LogP contribution < -0.4 is 0 Å². The maximum Gasteiger partial charge on any atom is 0.159 e. The zero-order chi connectivity index (χ0) is 14.2. The Balaban J connectivity index is 2.08. The fraction of sp³-hybridized carbons (Fsp3) is 0.312. The predicted molar refractivity (Wildman–Crippen MR) is 71.1 cm³/mol. The van der Waals surface area contributed by atoms with Gasteiger partial charge >= 0.3 is 0 Å². The van der Waals surface area contributed by atoms with Crippen LogP contribution >= 0.6 is 0 Å². The van der Waals surface area contributed by atoms with Gasteiger partial charge in [0.25, 0.3) is 0 Å². The molecular weight excluding hydrogens is 260 g/mol. The van der Waals surface area contributed by atoms with Crippen LogP contribution in [0.5, 0.6) is 0 Å². The Labute approximate surface area is 116 Å². The summed E-state index contributed by atoms with van der Waals surface area (Å²) < 4.78 is 26.6. The second-order valence-corrected chi connectivity index (χ2v) is 5.26. The first-order valence-corrected chi connectivity index (χ1v) is 6.67. The minimum absolute atomic E-state index is 0.123. The zero-order valence-electron chi connectivity index (χ0n) is 10.9. The van der Waals surface area contributed by atoms with Gasteiger partial charge in [-0.2, -0.15) is 0 Å². The maximum atomic E-state index is 13.5. The summed E-state index contributed by atoms with van der Waals surface area (Å²) in [5.41, 5.74) is 2.12. The SMILES string of the molecule is OCc1cc(C2(c3ccc(F)c(F)c3)CCC2)ccn1. The topological polar surface area (TPSA) is 33.1 Å². The van der Waals surface area contributed by atoms with E-state index in [1.54, 1.807) is 12.3 Å². The minimum Gasteiger partial charge on any atom is -0.390 e. The van der Waals surface area contributed by atoms with E-state index in [0.717, 1.165) is 30.4 Å². The quantitative estimate of drug-likeness (QED) is 0.932. The number of benzene rings is 1. The van der Waals surface area contributed by atoms with Gasteiger partial charge in [0, 0.05) is 11.6 Å². The molecule has 0 aliphatic heterocycles. The number of pyridine rings is 1. The van der Waals surface area contributed by atoms with Gasteiger partial charge in [0.15, 0.2) is 11.6 Å². The molecule has 1 fully saturated rings. The van der Waals surface area contributed by atoms with Crippen molar-refractivity contribution in [3.63, 3.8) is 0 Å². The summed E-state index contributed by atoms with van der Waals surface area (Å²) in [6, 6.07) is 7.85. The molecule has 0 amide bonds. The summed E-state index contributed by atoms with van der Waals surface area (Å²) in [6.45, 7) is -0.123. The van der Waals surface area contributed by atoms with E-state index in [4.69, 9.17) is 0 Å². The second-order valence-electron chi connectivity index (χ2n) is 5.26. The molecule has 2 nitrogen and oxygen atoms in total. The Hall–Kier alpha value is -1.81. The molecular formula is C16H15F2NO. The standard InChI is InChI=1S/C16H15F2NO/c17-14-3-2-11(9-15(14)18)16(5-1-6-16)12-4-7-19-13(8-12)10-20/h2-4,7-9,20H,1,5-6,10H2. The van der Waals surface area contributed by atoms with Crippen molar-refractivity contribution in [2.75, 3.05) is 0 Å². The van der Waals surface area contributed by atoms with Gasteiger partial charge in [-0.05, 0) is 48.2 Å². The molecule has 0 bridgehead atoms. The number of aliphatic hydroxyl groups excluding tert-OH is 1. The Kier molecular flexibility index (Phi) is 3.26. The number of rotatable bonds is 3. The monoisotopic (exact) mass is 275 g/mol. The van der Waals surface area contributed by atoms with Gasteiger partial charge in [-0.3, -0.25) is 4.98 Å². The molecule has 1 saturated carbocycles. The van der Waals surface area contributed by atoms with Gasteiger partial charge in [-0.1, -0.05) is 12.5 Å². The van der Waals surface area contributed by atoms with Crippen LogP contribution in [0.15, 0.2) is 36.5 Å². The van der Waals surface area contributed by atoms with E-state index in [1.165, 1.54) is 12.1 Å². The zero-order valence-corrected chi connectivity index (χ0v) is 10.9. The molecule has 3 rings (SSSR count). The highest BCUT2D eigenvalue weighted by atomic mass is 19.2. The van der Waals surface area contributed by atoms with Gasteiger partial charge in [-0.15, -0.1) is 0 Å². The average molecular weight is 275 g/mol. The molecule has 4 heteroatoms. The Morgan fingerprint density at radius 2 is 1.80 bits per heavy atom. The molecule has 0 unspecified atom stereocenters. The summed E-state index contributed by atoms with van der Waals surface area (Å²) in [4.78, 5) is 4.07. The van der Waals surface area contributed by atoms with Gasteiger partial charge in [-0.25, -0.2) is 8.78 Å². The van der Waals surface area contributed by atoms with Crippen LogP contribution in [0.4, 0.5) is 8.78 Å². The average Bonchev–Trinajstić information content (AvgIpc) is 2.42. The van der Waals surface area contributed by atoms with Crippen LogP contribution in [0, 0.1) is 11.6 Å².